The van der Waals surface area contributed by atoms with Gasteiger partial charge in [-0.2, -0.15) is 0 Å². The monoisotopic (exact) mass is 283 g/mol. The highest BCUT2D eigenvalue weighted by Crippen LogP contribution is 2.23. The van der Waals surface area contributed by atoms with Gasteiger partial charge in [0, 0.05) is 23.4 Å². The van der Waals surface area contributed by atoms with Crippen molar-refractivity contribution in [3.05, 3.63) is 47.2 Å². The molecule has 0 spiro atoms. The van der Waals surface area contributed by atoms with Crippen LogP contribution in [-0.4, -0.2) is 6.04 Å². The highest BCUT2D eigenvalue weighted by molar-refractivity contribution is 6.30. The third kappa shape index (κ3) is 3.29. The predicted octanol–water partition coefficient (Wildman–Crippen LogP) is -0.170. The van der Waals surface area contributed by atoms with Gasteiger partial charge in [0.2, 0.25) is 0 Å². The Hall–Kier alpha value is -0.960. The third-order valence-corrected chi connectivity index (χ3v) is 3.32. The van der Waals surface area contributed by atoms with Crippen molar-refractivity contribution in [2.24, 2.45) is 0 Å². The molecule has 0 saturated heterocycles. The molecule has 2 N–H and O–H groups in total. The molecule has 1 aromatic heterocycles. The van der Waals surface area contributed by atoms with Crippen molar-refractivity contribution >= 4 is 11.6 Å². The van der Waals surface area contributed by atoms with Crippen LogP contribution in [0.3, 0.4) is 0 Å². The summed E-state index contributed by atoms with van der Waals surface area (Å²) in [6.45, 7) is 0.943. The van der Waals surface area contributed by atoms with Crippen molar-refractivity contribution in [2.45, 2.75) is 25.4 Å². The highest BCUT2D eigenvalue weighted by Gasteiger charge is 2.25. The Labute approximate surface area is 118 Å². The number of rotatable bonds is 4. The van der Waals surface area contributed by atoms with Gasteiger partial charge in [0.1, 0.15) is 12.3 Å². The van der Waals surface area contributed by atoms with E-state index in [-0.39, 0.29) is 12.4 Å². The van der Waals surface area contributed by atoms with E-state index >= 15 is 0 Å². The molecule has 1 aliphatic carbocycles. The molecule has 0 unspecified atom stereocenters. The summed E-state index contributed by atoms with van der Waals surface area (Å²) in [5.74, 6) is 1.96. The van der Waals surface area contributed by atoms with E-state index in [1.165, 1.54) is 12.8 Å². The van der Waals surface area contributed by atoms with Crippen LogP contribution < -0.4 is 17.7 Å². The number of nitrogens with two attached hydrogens (primary N) is 1. The van der Waals surface area contributed by atoms with Crippen LogP contribution in [0.15, 0.2) is 40.8 Å². The van der Waals surface area contributed by atoms with Gasteiger partial charge in [-0.15, -0.1) is 0 Å². The Kier molecular flexibility index (Phi) is 4.33. The first-order valence-electron chi connectivity index (χ1n) is 5.99. The normalized spacial score (nSPS) is 14.3. The fourth-order valence-electron chi connectivity index (χ4n) is 1.87. The largest absolute Gasteiger partial charge is 1.00 e. The quantitative estimate of drug-likeness (QED) is 0.830. The molecule has 0 atom stereocenters. The molecule has 4 heteroatoms. The number of benzene rings is 1. The van der Waals surface area contributed by atoms with Crippen molar-refractivity contribution in [1.82, 2.24) is 0 Å². The number of hydrogen-bond donors (Lipinski definition) is 1. The van der Waals surface area contributed by atoms with Gasteiger partial charge in [0.25, 0.3) is 0 Å². The molecule has 0 amide bonds. The Bertz CT molecular complexity index is 503. The van der Waals surface area contributed by atoms with E-state index in [2.05, 4.69) is 11.4 Å². The van der Waals surface area contributed by atoms with Crippen molar-refractivity contribution in [2.75, 3.05) is 0 Å². The van der Waals surface area contributed by atoms with Gasteiger partial charge < -0.3 is 22.1 Å². The molecule has 18 heavy (non-hydrogen) atoms. The Morgan fingerprint density at radius 3 is 2.50 bits per heavy atom. The molecule has 2 aromatic rings. The highest BCUT2D eigenvalue weighted by atomic mass is 35.5. The molecule has 1 aliphatic rings. The summed E-state index contributed by atoms with van der Waals surface area (Å²) in [6, 6.07) is 12.6. The van der Waals surface area contributed by atoms with E-state index in [4.69, 9.17) is 16.0 Å². The van der Waals surface area contributed by atoms with Gasteiger partial charge in [-0.1, -0.05) is 11.6 Å². The lowest BCUT2D eigenvalue weighted by Crippen LogP contribution is -3.00. The minimum absolute atomic E-state index is 0. The van der Waals surface area contributed by atoms with Gasteiger partial charge in [-0.3, -0.25) is 0 Å². The van der Waals surface area contributed by atoms with E-state index in [1.807, 2.05) is 30.3 Å². The smallest absolute Gasteiger partial charge is 0.158 e. The molecular weight excluding hydrogens is 269 g/mol. The summed E-state index contributed by atoms with van der Waals surface area (Å²) < 4.78 is 5.81. The molecule has 3 rings (SSSR count). The molecule has 1 heterocycles. The topological polar surface area (TPSA) is 29.8 Å². The summed E-state index contributed by atoms with van der Waals surface area (Å²) in [5.41, 5.74) is 1.08. The summed E-state index contributed by atoms with van der Waals surface area (Å²) in [5, 5.41) is 3.10. The van der Waals surface area contributed by atoms with Crippen LogP contribution in [0.25, 0.3) is 11.3 Å². The van der Waals surface area contributed by atoms with Crippen molar-refractivity contribution in [1.29, 1.82) is 0 Å². The SMILES string of the molecule is Clc1ccc(-c2ccc(C[NH2+]C3CC3)o2)cc1.[Cl-]. The molecule has 1 saturated carbocycles. The van der Waals surface area contributed by atoms with Crippen LogP contribution in [0, 0.1) is 0 Å². The third-order valence-electron chi connectivity index (χ3n) is 3.06. The lowest BCUT2D eigenvalue weighted by molar-refractivity contribution is -0.685. The first-order chi connectivity index (χ1) is 8.31. The number of halogens is 2. The standard InChI is InChI=1S/C14H14ClNO.ClH/c15-11-3-1-10(2-4-11)14-8-7-13(17-14)9-16-12-5-6-12;/h1-4,7-8,12,16H,5-6,9H2;1H. The van der Waals surface area contributed by atoms with E-state index in [0.717, 1.165) is 34.7 Å². The fraction of sp³-hybridized carbons (Fsp3) is 0.286. The Balaban J connectivity index is 0.00000120. The van der Waals surface area contributed by atoms with Crippen LogP contribution in [0.2, 0.25) is 5.02 Å². The maximum absolute atomic E-state index is 5.86. The van der Waals surface area contributed by atoms with Gasteiger partial charge in [0.15, 0.2) is 5.76 Å². The van der Waals surface area contributed by atoms with Gasteiger partial charge >= 0.3 is 0 Å². The first-order valence-corrected chi connectivity index (χ1v) is 6.37. The van der Waals surface area contributed by atoms with Crippen LogP contribution in [-0.2, 0) is 6.54 Å². The summed E-state index contributed by atoms with van der Waals surface area (Å²) >= 11 is 5.86. The minimum atomic E-state index is 0. The van der Waals surface area contributed by atoms with Crippen molar-refractivity contribution < 1.29 is 22.1 Å². The van der Waals surface area contributed by atoms with E-state index < -0.39 is 0 Å². The molecule has 0 aliphatic heterocycles. The maximum atomic E-state index is 5.86. The molecular formula is C14H15Cl2NO. The fourth-order valence-corrected chi connectivity index (χ4v) is 2.00. The molecule has 96 valence electrons. The summed E-state index contributed by atoms with van der Waals surface area (Å²) in [4.78, 5) is 0. The number of quaternary nitrogens is 1. The van der Waals surface area contributed by atoms with E-state index in [9.17, 15) is 0 Å². The van der Waals surface area contributed by atoms with Gasteiger partial charge in [-0.25, -0.2) is 0 Å². The van der Waals surface area contributed by atoms with Crippen molar-refractivity contribution in [3.63, 3.8) is 0 Å². The molecule has 2 nitrogen and oxygen atoms in total. The average Bonchev–Trinajstić information content (AvgIpc) is 3.06. The predicted molar refractivity (Wildman–Crippen MR) is 67.8 cm³/mol. The van der Waals surface area contributed by atoms with Crippen LogP contribution in [0.1, 0.15) is 18.6 Å². The molecule has 1 aromatic carbocycles. The zero-order valence-corrected chi connectivity index (χ0v) is 11.4. The number of furan rings is 1. The Morgan fingerprint density at radius 2 is 1.83 bits per heavy atom. The second-order valence-corrected chi connectivity index (χ2v) is 4.99. The van der Waals surface area contributed by atoms with Gasteiger partial charge in [0.05, 0.1) is 6.04 Å². The summed E-state index contributed by atoms with van der Waals surface area (Å²) in [6.07, 6.45) is 2.70. The van der Waals surface area contributed by atoms with E-state index in [1.54, 1.807) is 0 Å². The lowest BCUT2D eigenvalue weighted by Gasteiger charge is -1.98. The molecule has 1 fully saturated rings. The van der Waals surface area contributed by atoms with Gasteiger partial charge in [-0.05, 0) is 36.4 Å². The maximum Gasteiger partial charge on any atom is 0.158 e. The molecule has 0 bridgehead atoms. The van der Waals surface area contributed by atoms with Crippen molar-refractivity contribution in [3.8, 4) is 11.3 Å². The second-order valence-electron chi connectivity index (χ2n) is 4.55. The van der Waals surface area contributed by atoms with E-state index in [0.29, 0.717) is 0 Å². The second kappa shape index (κ2) is 5.79. The first kappa shape index (κ1) is 13.5. The lowest BCUT2D eigenvalue weighted by atomic mass is 10.2. The zero-order chi connectivity index (χ0) is 11.7. The Morgan fingerprint density at radius 1 is 1.11 bits per heavy atom. The number of hydrogen-bond acceptors (Lipinski definition) is 1. The molecule has 0 radical (unpaired) electrons. The minimum Gasteiger partial charge on any atom is -1.00 e. The van der Waals surface area contributed by atoms with Crippen LogP contribution in [0.5, 0.6) is 0 Å². The van der Waals surface area contributed by atoms with Crippen LogP contribution >= 0.6 is 11.6 Å². The zero-order valence-electron chi connectivity index (χ0n) is 9.90. The average molecular weight is 284 g/mol. The summed E-state index contributed by atoms with van der Waals surface area (Å²) in [7, 11) is 0. The van der Waals surface area contributed by atoms with Crippen LogP contribution in [0.4, 0.5) is 0 Å².